The maximum absolute atomic E-state index is 5.15. The first-order chi connectivity index (χ1) is 9.35. The Morgan fingerprint density at radius 3 is 3.05 bits per heavy atom. The Hall–Kier alpha value is -2.84. The van der Waals surface area contributed by atoms with E-state index in [4.69, 9.17) is 4.74 Å². The third kappa shape index (κ3) is 2.39. The highest BCUT2D eigenvalue weighted by Crippen LogP contribution is 2.19. The van der Waals surface area contributed by atoms with Crippen molar-refractivity contribution in [2.75, 3.05) is 7.11 Å². The summed E-state index contributed by atoms with van der Waals surface area (Å²) in [7, 11) is 1.61. The van der Waals surface area contributed by atoms with E-state index in [0.29, 0.717) is 18.2 Å². The van der Waals surface area contributed by atoms with E-state index in [1.165, 1.54) is 4.80 Å². The zero-order chi connectivity index (χ0) is 13.1. The molecule has 1 aromatic carbocycles. The predicted octanol–water partition coefficient (Wildman–Crippen LogP) is -0.0899. The Balaban J connectivity index is 1.84. The van der Waals surface area contributed by atoms with E-state index in [-0.39, 0.29) is 0 Å². The van der Waals surface area contributed by atoms with Crippen LogP contribution in [-0.2, 0) is 6.54 Å². The molecular formula is C10H10N8O. The molecule has 1 N–H and O–H groups in total. The molecule has 0 amide bonds. The van der Waals surface area contributed by atoms with Crippen molar-refractivity contribution in [1.82, 2.24) is 40.8 Å². The lowest BCUT2D eigenvalue weighted by molar-refractivity contribution is 0.415. The van der Waals surface area contributed by atoms with E-state index in [1.807, 2.05) is 24.3 Å². The number of H-pyrrole nitrogens is 1. The molecular weight excluding hydrogens is 248 g/mol. The van der Waals surface area contributed by atoms with Crippen molar-refractivity contribution in [3.63, 3.8) is 0 Å². The van der Waals surface area contributed by atoms with Gasteiger partial charge in [0, 0.05) is 5.56 Å². The molecule has 0 radical (unpaired) electrons. The number of ether oxygens (including phenoxy) is 1. The zero-order valence-electron chi connectivity index (χ0n) is 10.1. The lowest BCUT2D eigenvalue weighted by Crippen LogP contribution is -2.05. The molecule has 0 saturated heterocycles. The Morgan fingerprint density at radius 2 is 2.26 bits per heavy atom. The van der Waals surface area contributed by atoms with E-state index >= 15 is 0 Å². The standard InChI is InChI=1S/C10H10N8O/c1-19-8-4-2-3-7(5-8)10-13-17-18(14-10)6-9-11-15-16-12-9/h2-5H,6H2,1H3,(H,11,12,15,16). The Labute approximate surface area is 107 Å². The number of hydrogen-bond donors (Lipinski definition) is 1. The monoisotopic (exact) mass is 258 g/mol. The van der Waals surface area contributed by atoms with Gasteiger partial charge in [0.1, 0.15) is 12.3 Å². The summed E-state index contributed by atoms with van der Waals surface area (Å²) in [6, 6.07) is 7.45. The van der Waals surface area contributed by atoms with Crippen molar-refractivity contribution < 1.29 is 4.74 Å². The maximum atomic E-state index is 5.15. The third-order valence-corrected chi connectivity index (χ3v) is 2.45. The van der Waals surface area contributed by atoms with Crippen molar-refractivity contribution in [1.29, 1.82) is 0 Å². The van der Waals surface area contributed by atoms with Crippen LogP contribution < -0.4 is 4.74 Å². The molecule has 0 saturated carbocycles. The summed E-state index contributed by atoms with van der Waals surface area (Å²) in [4.78, 5) is 1.40. The highest BCUT2D eigenvalue weighted by Gasteiger charge is 2.08. The van der Waals surface area contributed by atoms with E-state index in [1.54, 1.807) is 7.11 Å². The van der Waals surface area contributed by atoms with Crippen LogP contribution in [0.4, 0.5) is 0 Å². The molecule has 2 heterocycles. The van der Waals surface area contributed by atoms with Gasteiger partial charge in [0.15, 0.2) is 5.82 Å². The Bertz CT molecular complexity index is 662. The second kappa shape index (κ2) is 4.80. The average molecular weight is 258 g/mol. The third-order valence-electron chi connectivity index (χ3n) is 2.45. The molecule has 9 nitrogen and oxygen atoms in total. The molecule has 0 atom stereocenters. The highest BCUT2D eigenvalue weighted by molar-refractivity contribution is 5.56. The summed E-state index contributed by atoms with van der Waals surface area (Å²) >= 11 is 0. The lowest BCUT2D eigenvalue weighted by Gasteiger charge is -1.99. The van der Waals surface area contributed by atoms with Crippen LogP contribution >= 0.6 is 0 Å². The second-order valence-electron chi connectivity index (χ2n) is 3.70. The van der Waals surface area contributed by atoms with E-state index in [2.05, 4.69) is 36.0 Å². The lowest BCUT2D eigenvalue weighted by atomic mass is 10.2. The summed E-state index contributed by atoms with van der Waals surface area (Å²) in [6.45, 7) is 0.313. The van der Waals surface area contributed by atoms with Gasteiger partial charge in [-0.1, -0.05) is 17.3 Å². The van der Waals surface area contributed by atoms with Gasteiger partial charge in [0.05, 0.1) is 7.11 Å². The van der Waals surface area contributed by atoms with Crippen molar-refractivity contribution >= 4 is 0 Å². The molecule has 3 aromatic rings. The minimum atomic E-state index is 0.313. The average Bonchev–Trinajstić information content (AvgIpc) is 3.11. The zero-order valence-corrected chi connectivity index (χ0v) is 10.1. The number of aromatic nitrogens is 8. The predicted molar refractivity (Wildman–Crippen MR) is 63.1 cm³/mol. The summed E-state index contributed by atoms with van der Waals surface area (Å²) in [5.41, 5.74) is 0.832. The maximum Gasteiger partial charge on any atom is 0.205 e. The molecule has 96 valence electrons. The summed E-state index contributed by atoms with van der Waals surface area (Å²) in [5.74, 6) is 1.75. The van der Waals surface area contributed by atoms with Gasteiger partial charge in [0.2, 0.25) is 5.82 Å². The van der Waals surface area contributed by atoms with Gasteiger partial charge >= 0.3 is 0 Å². The van der Waals surface area contributed by atoms with E-state index < -0.39 is 0 Å². The first kappa shape index (κ1) is 11.3. The molecule has 0 aliphatic carbocycles. The molecule has 0 bridgehead atoms. The number of hydrogen-bond acceptors (Lipinski definition) is 7. The van der Waals surface area contributed by atoms with Crippen LogP contribution in [0.1, 0.15) is 5.82 Å². The summed E-state index contributed by atoms with van der Waals surface area (Å²) < 4.78 is 5.15. The first-order valence-corrected chi connectivity index (χ1v) is 5.50. The van der Waals surface area contributed by atoms with Crippen LogP contribution in [0.3, 0.4) is 0 Å². The number of benzene rings is 1. The second-order valence-corrected chi connectivity index (χ2v) is 3.70. The van der Waals surface area contributed by atoms with Crippen molar-refractivity contribution in [3.05, 3.63) is 30.1 Å². The number of nitrogens with zero attached hydrogens (tertiary/aromatic N) is 7. The van der Waals surface area contributed by atoms with Crippen molar-refractivity contribution in [2.45, 2.75) is 6.54 Å². The van der Waals surface area contributed by atoms with Crippen molar-refractivity contribution in [2.24, 2.45) is 0 Å². The van der Waals surface area contributed by atoms with Gasteiger partial charge in [0.25, 0.3) is 0 Å². The smallest absolute Gasteiger partial charge is 0.205 e. The van der Waals surface area contributed by atoms with Crippen LogP contribution in [0.5, 0.6) is 5.75 Å². The van der Waals surface area contributed by atoms with Gasteiger partial charge in [-0.15, -0.1) is 20.4 Å². The van der Waals surface area contributed by atoms with Gasteiger partial charge in [-0.05, 0) is 17.3 Å². The molecule has 19 heavy (non-hydrogen) atoms. The van der Waals surface area contributed by atoms with Gasteiger partial charge in [-0.25, -0.2) is 0 Å². The number of methoxy groups -OCH3 is 1. The fourth-order valence-electron chi connectivity index (χ4n) is 1.56. The fraction of sp³-hybridized carbons (Fsp3) is 0.200. The Morgan fingerprint density at radius 1 is 1.32 bits per heavy atom. The summed E-state index contributed by atoms with van der Waals surface area (Å²) in [5, 5.41) is 25.6. The summed E-state index contributed by atoms with van der Waals surface area (Å²) in [6.07, 6.45) is 0. The minimum absolute atomic E-state index is 0.313. The van der Waals surface area contributed by atoms with Gasteiger partial charge < -0.3 is 4.74 Å². The highest BCUT2D eigenvalue weighted by atomic mass is 16.5. The van der Waals surface area contributed by atoms with Gasteiger partial charge in [-0.3, -0.25) is 0 Å². The van der Waals surface area contributed by atoms with Crippen LogP contribution in [-0.4, -0.2) is 47.9 Å². The SMILES string of the molecule is COc1cccc(-c2nnn(Cc3nn[nH]n3)n2)c1. The largest absolute Gasteiger partial charge is 0.497 e. The van der Waals surface area contributed by atoms with Crippen LogP contribution in [0.25, 0.3) is 11.4 Å². The van der Waals surface area contributed by atoms with Crippen molar-refractivity contribution in [3.8, 4) is 17.1 Å². The number of tetrazole rings is 2. The van der Waals surface area contributed by atoms with Crippen LogP contribution in [0.2, 0.25) is 0 Å². The van der Waals surface area contributed by atoms with E-state index in [9.17, 15) is 0 Å². The fourth-order valence-corrected chi connectivity index (χ4v) is 1.56. The molecule has 3 rings (SSSR count). The number of aromatic amines is 1. The molecule has 0 fully saturated rings. The first-order valence-electron chi connectivity index (χ1n) is 5.50. The quantitative estimate of drug-likeness (QED) is 0.696. The number of nitrogens with one attached hydrogen (secondary N) is 1. The van der Waals surface area contributed by atoms with Gasteiger partial charge in [-0.2, -0.15) is 10.0 Å². The molecule has 0 aliphatic rings. The molecule has 0 spiro atoms. The molecule has 2 aromatic heterocycles. The number of rotatable bonds is 4. The Kier molecular flexibility index (Phi) is 2.85. The van der Waals surface area contributed by atoms with E-state index in [0.717, 1.165) is 11.3 Å². The molecule has 0 aliphatic heterocycles. The topological polar surface area (TPSA) is 107 Å². The molecule has 0 unspecified atom stereocenters. The molecule has 9 heteroatoms. The van der Waals surface area contributed by atoms with Crippen LogP contribution in [0.15, 0.2) is 24.3 Å². The minimum Gasteiger partial charge on any atom is -0.497 e. The normalized spacial score (nSPS) is 10.6. The van der Waals surface area contributed by atoms with Crippen LogP contribution in [0, 0.1) is 0 Å².